The Morgan fingerprint density at radius 1 is 0.824 bits per heavy atom. The Balaban J connectivity index is 1.69. The molecule has 1 aromatic carbocycles. The summed E-state index contributed by atoms with van der Waals surface area (Å²) in [4.78, 5) is 98.0. The lowest BCUT2D eigenvalue weighted by molar-refractivity contribution is -0.144. The van der Waals surface area contributed by atoms with Crippen LogP contribution in [-0.2, 0) is 40.0 Å². The van der Waals surface area contributed by atoms with E-state index < -0.39 is 96.9 Å². The Hall–Kier alpha value is -5.03. The first-order valence-electron chi connectivity index (χ1n) is 17.1. The van der Waals surface area contributed by atoms with E-state index >= 15 is 0 Å². The van der Waals surface area contributed by atoms with Crippen molar-refractivity contribution in [3.63, 3.8) is 0 Å². The smallest absolute Gasteiger partial charge is 0.248 e. The zero-order valence-corrected chi connectivity index (χ0v) is 29.2. The first kappa shape index (κ1) is 38.8. The normalized spacial score (nSPS) is 27.0. The highest BCUT2D eigenvalue weighted by molar-refractivity contribution is 5.98. The van der Waals surface area contributed by atoms with Gasteiger partial charge in [-0.1, -0.05) is 32.0 Å². The molecule has 1 aromatic heterocycles. The van der Waals surface area contributed by atoms with Gasteiger partial charge in [0.25, 0.3) is 0 Å². The Labute approximate surface area is 295 Å². The van der Waals surface area contributed by atoms with E-state index in [-0.39, 0.29) is 31.7 Å². The Morgan fingerprint density at radius 2 is 1.47 bits per heavy atom. The van der Waals surface area contributed by atoms with Crippen molar-refractivity contribution < 1.29 is 43.8 Å². The number of nitrogens with zero attached hydrogens (tertiary/aromatic N) is 1. The van der Waals surface area contributed by atoms with Crippen molar-refractivity contribution in [3.8, 4) is 0 Å². The summed E-state index contributed by atoms with van der Waals surface area (Å²) in [5.74, 6) is -5.45. The molecule has 51 heavy (non-hydrogen) atoms. The molecule has 7 amide bonds. The first-order chi connectivity index (χ1) is 24.2. The minimum atomic E-state index is -1.53. The minimum Gasteiger partial charge on any atom is -0.394 e. The fourth-order valence-electron chi connectivity index (χ4n) is 6.23. The molecule has 2 saturated heterocycles. The number of carbonyl (C=O) groups is 7. The molecule has 7 unspecified atom stereocenters. The van der Waals surface area contributed by atoms with Crippen molar-refractivity contribution in [3.05, 3.63) is 36.0 Å². The van der Waals surface area contributed by atoms with Gasteiger partial charge in [0.15, 0.2) is 0 Å². The summed E-state index contributed by atoms with van der Waals surface area (Å²) in [5.41, 5.74) is 1.46. The van der Waals surface area contributed by atoms with E-state index in [1.54, 1.807) is 6.20 Å². The van der Waals surface area contributed by atoms with Crippen LogP contribution in [-0.4, -0.2) is 123 Å². The van der Waals surface area contributed by atoms with Crippen LogP contribution in [0.2, 0.25) is 0 Å². The number of carbonyl (C=O) groups excluding carboxylic acids is 7. The molecule has 9 N–H and O–H groups in total. The van der Waals surface area contributed by atoms with E-state index in [1.165, 1.54) is 18.7 Å². The van der Waals surface area contributed by atoms with Gasteiger partial charge in [-0.15, -0.1) is 0 Å². The molecule has 0 aliphatic carbocycles. The predicted molar refractivity (Wildman–Crippen MR) is 183 cm³/mol. The zero-order chi connectivity index (χ0) is 37.4. The number of amides is 7. The number of aromatic nitrogens is 1. The molecule has 17 nitrogen and oxygen atoms in total. The summed E-state index contributed by atoms with van der Waals surface area (Å²) >= 11 is 0. The molecular weight excluding hydrogens is 664 g/mol. The van der Waals surface area contributed by atoms with Crippen molar-refractivity contribution in [1.82, 2.24) is 41.8 Å². The molecule has 278 valence electrons. The molecule has 4 rings (SSSR count). The highest BCUT2D eigenvalue weighted by atomic mass is 16.3. The van der Waals surface area contributed by atoms with Crippen molar-refractivity contribution in [1.29, 1.82) is 0 Å². The highest BCUT2D eigenvalue weighted by Gasteiger charge is 2.41. The van der Waals surface area contributed by atoms with Crippen LogP contribution in [0, 0.1) is 5.92 Å². The van der Waals surface area contributed by atoms with E-state index in [2.05, 4.69) is 36.9 Å². The van der Waals surface area contributed by atoms with Gasteiger partial charge >= 0.3 is 0 Å². The van der Waals surface area contributed by atoms with Crippen LogP contribution in [0.15, 0.2) is 30.5 Å². The van der Waals surface area contributed by atoms with E-state index in [9.17, 15) is 43.8 Å². The third-order valence-electron chi connectivity index (χ3n) is 8.97. The average Bonchev–Trinajstić information content (AvgIpc) is 3.74. The summed E-state index contributed by atoms with van der Waals surface area (Å²) < 4.78 is 0. The lowest BCUT2D eigenvalue weighted by atomic mass is 10.00. The number of H-pyrrole nitrogens is 1. The first-order valence-corrected chi connectivity index (χ1v) is 17.1. The monoisotopic (exact) mass is 712 g/mol. The molecule has 2 aliphatic heterocycles. The van der Waals surface area contributed by atoms with E-state index in [0.29, 0.717) is 12.0 Å². The summed E-state index contributed by atoms with van der Waals surface area (Å²) in [7, 11) is 0. The van der Waals surface area contributed by atoms with Crippen molar-refractivity contribution in [2.24, 2.45) is 5.92 Å². The number of benzene rings is 1. The zero-order valence-electron chi connectivity index (χ0n) is 29.2. The second-order valence-corrected chi connectivity index (χ2v) is 13.5. The van der Waals surface area contributed by atoms with Crippen molar-refractivity contribution in [2.45, 2.75) is 95.7 Å². The van der Waals surface area contributed by atoms with Crippen LogP contribution in [0.1, 0.15) is 52.5 Å². The minimum absolute atomic E-state index is 0.0326. The number of hydrogen-bond donors (Lipinski definition) is 9. The summed E-state index contributed by atoms with van der Waals surface area (Å²) in [6, 6.07) is -0.306. The Kier molecular flexibility index (Phi) is 13.1. The van der Waals surface area contributed by atoms with Crippen LogP contribution in [0.25, 0.3) is 10.9 Å². The lowest BCUT2D eigenvalue weighted by Gasteiger charge is -2.31. The second-order valence-electron chi connectivity index (χ2n) is 13.5. The molecular formula is C34H48N8O9. The molecule has 0 saturated carbocycles. The number of aliphatic hydroxyl groups excluding tert-OH is 2. The van der Waals surface area contributed by atoms with Crippen LogP contribution >= 0.6 is 0 Å². The number of rotatable bonds is 6. The van der Waals surface area contributed by atoms with E-state index in [4.69, 9.17) is 0 Å². The summed E-state index contributed by atoms with van der Waals surface area (Å²) in [5, 5.41) is 36.5. The second kappa shape index (κ2) is 17.3. The van der Waals surface area contributed by atoms with Crippen LogP contribution in [0.5, 0.6) is 0 Å². The molecule has 17 heteroatoms. The van der Waals surface area contributed by atoms with Crippen LogP contribution in [0.3, 0.4) is 0 Å². The number of aliphatic hydroxyl groups is 2. The fourth-order valence-corrected chi connectivity index (χ4v) is 6.23. The lowest BCUT2D eigenvalue weighted by Crippen LogP contribution is -2.60. The molecule has 0 radical (unpaired) electrons. The quantitative estimate of drug-likeness (QED) is 0.156. The maximum absolute atomic E-state index is 13.9. The molecule has 2 aromatic rings. The van der Waals surface area contributed by atoms with Gasteiger partial charge in [-0.3, -0.25) is 33.6 Å². The topological polar surface area (TPSA) is 251 Å². The Morgan fingerprint density at radius 3 is 2.16 bits per heavy atom. The van der Waals surface area contributed by atoms with Gasteiger partial charge in [0, 0.05) is 30.1 Å². The number of aromatic amines is 1. The van der Waals surface area contributed by atoms with E-state index in [0.717, 1.165) is 10.9 Å². The van der Waals surface area contributed by atoms with Crippen LogP contribution in [0.4, 0.5) is 0 Å². The van der Waals surface area contributed by atoms with E-state index in [1.807, 2.05) is 38.1 Å². The molecule has 0 spiro atoms. The molecule has 2 fully saturated rings. The number of fused-ring (bicyclic) bond motifs is 2. The largest absolute Gasteiger partial charge is 0.394 e. The maximum atomic E-state index is 13.9. The van der Waals surface area contributed by atoms with Crippen LogP contribution < -0.4 is 31.9 Å². The highest BCUT2D eigenvalue weighted by Crippen LogP contribution is 2.21. The van der Waals surface area contributed by atoms with Gasteiger partial charge in [-0.2, -0.15) is 0 Å². The molecule has 2 aliphatic rings. The van der Waals surface area contributed by atoms with Crippen molar-refractivity contribution in [2.75, 3.05) is 19.7 Å². The molecule has 0 bridgehead atoms. The van der Waals surface area contributed by atoms with Gasteiger partial charge in [-0.05, 0) is 50.7 Å². The number of hydrogen-bond acceptors (Lipinski definition) is 9. The van der Waals surface area contributed by atoms with Gasteiger partial charge < -0.3 is 52.0 Å². The maximum Gasteiger partial charge on any atom is 0.248 e. The average molecular weight is 713 g/mol. The molecule has 3 heterocycles. The number of nitrogens with one attached hydrogen (secondary N) is 7. The van der Waals surface area contributed by atoms with Gasteiger partial charge in [0.2, 0.25) is 41.4 Å². The Bertz CT molecular complexity index is 1630. The summed E-state index contributed by atoms with van der Waals surface area (Å²) in [6.07, 6.45) is 1.06. The molecule has 7 atom stereocenters. The van der Waals surface area contributed by atoms with Gasteiger partial charge in [0.05, 0.1) is 19.3 Å². The van der Waals surface area contributed by atoms with Gasteiger partial charge in [0.1, 0.15) is 36.3 Å². The van der Waals surface area contributed by atoms with Gasteiger partial charge in [-0.25, -0.2) is 0 Å². The van der Waals surface area contributed by atoms with Crippen molar-refractivity contribution >= 4 is 52.3 Å². The number of para-hydroxylation sites is 1. The third-order valence-corrected chi connectivity index (χ3v) is 8.97. The predicted octanol–water partition coefficient (Wildman–Crippen LogP) is -2.31. The SMILES string of the molecule is CC(C)CC1NC(=O)C(Cc2c[nH]c3ccccc23)NC(=O)C(CO)NC(=O)C2CCCN2C(=O)C(C(C)O)NC(=O)CNC(=O)C(C)NC1=O. The third kappa shape index (κ3) is 9.82. The fraction of sp³-hybridized carbons (Fsp3) is 0.559. The summed E-state index contributed by atoms with van der Waals surface area (Å²) in [6.45, 7) is 5.03. The standard InChI is InChI=1S/C34H48N8O9/c1-17(2)12-23-30(47)37-18(3)29(46)36-15-27(45)41-28(19(4)44)34(51)42-11-7-10-26(42)33(50)40-25(16-43)32(49)39-24(31(48)38-23)13-20-14-35-22-9-6-5-8-21(20)22/h5-6,8-9,14,17-19,23-26,28,35,43-44H,7,10-13,15-16H2,1-4H3,(H,36,46)(H,37,47)(H,38,48)(H,39,49)(H,40,50)(H,41,45).